The van der Waals surface area contributed by atoms with Gasteiger partial charge in [-0.1, -0.05) is 0 Å². The smallest absolute Gasteiger partial charge is 0.138 e. The summed E-state index contributed by atoms with van der Waals surface area (Å²) in [6.45, 7) is 3.92. The minimum atomic E-state index is 0.653. The van der Waals surface area contributed by atoms with Gasteiger partial charge in [0.1, 0.15) is 18.1 Å². The fourth-order valence-corrected chi connectivity index (χ4v) is 5.13. The van der Waals surface area contributed by atoms with Crippen molar-refractivity contribution in [1.29, 1.82) is 0 Å². The van der Waals surface area contributed by atoms with Crippen molar-refractivity contribution in [2.45, 2.75) is 12.8 Å². The Kier molecular flexibility index (Phi) is 5.75. The van der Waals surface area contributed by atoms with Crippen molar-refractivity contribution in [3.63, 3.8) is 0 Å². The summed E-state index contributed by atoms with van der Waals surface area (Å²) in [6.07, 6.45) is 13.3. The van der Waals surface area contributed by atoms with Gasteiger partial charge < -0.3 is 9.72 Å². The Morgan fingerprint density at radius 3 is 2.61 bits per heavy atom. The summed E-state index contributed by atoms with van der Waals surface area (Å²) in [5.41, 5.74) is 7.14. The lowest BCUT2D eigenvalue weighted by molar-refractivity contribution is 0.237. The highest BCUT2D eigenvalue weighted by Gasteiger charge is 2.16. The number of ether oxygens (including phenoxy) is 1. The number of aromatic amines is 2. The molecule has 38 heavy (non-hydrogen) atoms. The van der Waals surface area contributed by atoms with Crippen LogP contribution in [0.2, 0.25) is 0 Å². The van der Waals surface area contributed by atoms with Crippen molar-refractivity contribution in [3.8, 4) is 39.7 Å². The van der Waals surface area contributed by atoms with Crippen molar-refractivity contribution >= 4 is 21.8 Å². The van der Waals surface area contributed by atoms with Gasteiger partial charge in [0.25, 0.3) is 0 Å². The summed E-state index contributed by atoms with van der Waals surface area (Å²) in [7, 11) is 0. The Labute approximate surface area is 219 Å². The van der Waals surface area contributed by atoms with Gasteiger partial charge in [-0.15, -0.1) is 0 Å². The first kappa shape index (κ1) is 22.6. The van der Waals surface area contributed by atoms with Gasteiger partial charge in [0.2, 0.25) is 0 Å². The second kappa shape index (κ2) is 9.68. The number of rotatable bonds is 7. The molecule has 6 aromatic rings. The Morgan fingerprint density at radius 2 is 1.71 bits per heavy atom. The summed E-state index contributed by atoms with van der Waals surface area (Å²) in [5.74, 6) is 0.752. The fourth-order valence-electron chi connectivity index (χ4n) is 5.13. The molecule has 6 aromatic heterocycles. The summed E-state index contributed by atoms with van der Waals surface area (Å²) in [6, 6.07) is 12.0. The SMILES string of the molecule is c1cncc(-c2nccc3[nH]c(-c4n[nH]c5cnc(-c6cncc(OCCN7CCCC7)c6)cc45)cc23)c1. The zero-order chi connectivity index (χ0) is 25.3. The van der Waals surface area contributed by atoms with Crippen LogP contribution in [-0.4, -0.2) is 66.3 Å². The third-order valence-corrected chi connectivity index (χ3v) is 7.07. The molecule has 0 bridgehead atoms. The lowest BCUT2D eigenvalue weighted by Crippen LogP contribution is -2.25. The predicted molar refractivity (Wildman–Crippen MR) is 147 cm³/mol. The molecule has 0 atom stereocenters. The Bertz CT molecular complexity index is 1720. The van der Waals surface area contributed by atoms with E-state index in [1.807, 2.05) is 55.1 Å². The zero-order valence-corrected chi connectivity index (χ0v) is 20.8. The van der Waals surface area contributed by atoms with Crippen LogP contribution in [0, 0.1) is 0 Å². The molecule has 0 unspecified atom stereocenters. The summed E-state index contributed by atoms with van der Waals surface area (Å²) >= 11 is 0. The topological polar surface area (TPSA) is 108 Å². The van der Waals surface area contributed by atoms with Crippen molar-refractivity contribution in [2.24, 2.45) is 0 Å². The van der Waals surface area contributed by atoms with Crippen LogP contribution in [0.3, 0.4) is 0 Å². The van der Waals surface area contributed by atoms with E-state index in [4.69, 9.17) is 4.74 Å². The van der Waals surface area contributed by atoms with E-state index in [1.54, 1.807) is 12.4 Å². The van der Waals surface area contributed by atoms with Crippen LogP contribution in [0.1, 0.15) is 12.8 Å². The molecule has 7 rings (SSSR count). The van der Waals surface area contributed by atoms with E-state index >= 15 is 0 Å². The second-order valence-corrected chi connectivity index (χ2v) is 9.54. The van der Waals surface area contributed by atoms with Crippen LogP contribution >= 0.6 is 0 Å². The maximum atomic E-state index is 6.01. The molecular weight excluding hydrogens is 476 g/mol. The monoisotopic (exact) mass is 502 g/mol. The van der Waals surface area contributed by atoms with E-state index in [9.17, 15) is 0 Å². The highest BCUT2D eigenvalue weighted by molar-refractivity contribution is 6.00. The third-order valence-electron chi connectivity index (χ3n) is 7.07. The molecule has 0 aliphatic carbocycles. The van der Waals surface area contributed by atoms with Crippen LogP contribution in [0.15, 0.2) is 73.6 Å². The summed E-state index contributed by atoms with van der Waals surface area (Å²) in [4.78, 5) is 23.9. The first-order chi connectivity index (χ1) is 18.8. The molecule has 2 N–H and O–H groups in total. The quantitative estimate of drug-likeness (QED) is 0.313. The molecule has 0 saturated carbocycles. The lowest BCUT2D eigenvalue weighted by atomic mass is 10.1. The Balaban J connectivity index is 1.20. The van der Waals surface area contributed by atoms with Gasteiger partial charge in [-0.3, -0.25) is 29.9 Å². The summed E-state index contributed by atoms with van der Waals surface area (Å²) < 4.78 is 6.01. The number of likely N-dealkylation sites (tertiary alicyclic amines) is 1. The van der Waals surface area contributed by atoms with Crippen LogP contribution in [-0.2, 0) is 0 Å². The molecule has 1 aliphatic rings. The lowest BCUT2D eigenvalue weighted by Gasteiger charge is -2.15. The Hall–Kier alpha value is -4.63. The number of fused-ring (bicyclic) bond motifs is 2. The fraction of sp³-hybridized carbons (Fsp3) is 0.207. The number of nitrogens with zero attached hydrogens (tertiary/aromatic N) is 6. The highest BCUT2D eigenvalue weighted by atomic mass is 16.5. The van der Waals surface area contributed by atoms with E-state index in [0.717, 1.165) is 81.1 Å². The number of nitrogens with one attached hydrogen (secondary N) is 2. The predicted octanol–water partition coefficient (Wildman–Crippen LogP) is 5.10. The van der Waals surface area contributed by atoms with Gasteiger partial charge in [-0.05, 0) is 62.3 Å². The average molecular weight is 503 g/mol. The van der Waals surface area contributed by atoms with Crippen LogP contribution in [0.5, 0.6) is 5.75 Å². The maximum absolute atomic E-state index is 6.01. The van der Waals surface area contributed by atoms with E-state index in [0.29, 0.717) is 6.61 Å². The maximum Gasteiger partial charge on any atom is 0.138 e. The molecule has 1 saturated heterocycles. The van der Waals surface area contributed by atoms with Gasteiger partial charge in [-0.25, -0.2) is 0 Å². The molecule has 9 nitrogen and oxygen atoms in total. The number of aromatic nitrogens is 7. The molecule has 0 radical (unpaired) electrons. The number of pyridine rings is 4. The van der Waals surface area contributed by atoms with Crippen LogP contribution in [0.4, 0.5) is 0 Å². The van der Waals surface area contributed by atoms with E-state index in [2.05, 4.69) is 46.1 Å². The van der Waals surface area contributed by atoms with Crippen molar-refractivity contribution in [2.75, 3.05) is 26.2 Å². The van der Waals surface area contributed by atoms with Gasteiger partial charge >= 0.3 is 0 Å². The Morgan fingerprint density at radius 1 is 0.816 bits per heavy atom. The molecule has 7 heterocycles. The van der Waals surface area contributed by atoms with E-state index < -0.39 is 0 Å². The van der Waals surface area contributed by atoms with E-state index in [-0.39, 0.29) is 0 Å². The molecule has 0 amide bonds. The molecular formula is C29H26N8O. The largest absolute Gasteiger partial charge is 0.491 e. The highest BCUT2D eigenvalue weighted by Crippen LogP contribution is 2.34. The molecule has 1 fully saturated rings. The number of hydrogen-bond donors (Lipinski definition) is 2. The minimum Gasteiger partial charge on any atom is -0.491 e. The zero-order valence-electron chi connectivity index (χ0n) is 20.8. The van der Waals surface area contributed by atoms with Crippen LogP contribution in [0.25, 0.3) is 55.7 Å². The molecule has 9 heteroatoms. The first-order valence-corrected chi connectivity index (χ1v) is 12.8. The molecule has 0 aromatic carbocycles. The van der Waals surface area contributed by atoms with Crippen molar-refractivity contribution < 1.29 is 4.74 Å². The average Bonchev–Trinajstić information content (AvgIpc) is 3.73. The standard InChI is InChI=1S/C29H26N8O/c1-2-9-37(8-1)10-11-38-21-12-20(16-31-17-21)25-13-23-27(18-33-25)35-36-29(23)26-14-22-24(34-26)5-7-32-28(22)19-4-3-6-30-15-19/h3-7,12-18,34H,1-2,8-11H2,(H,35,36). The minimum absolute atomic E-state index is 0.653. The van der Waals surface area contributed by atoms with Gasteiger partial charge in [0.05, 0.1) is 35.0 Å². The molecule has 188 valence electrons. The molecule has 0 spiro atoms. The van der Waals surface area contributed by atoms with Gasteiger partial charge in [0.15, 0.2) is 0 Å². The first-order valence-electron chi connectivity index (χ1n) is 12.8. The van der Waals surface area contributed by atoms with Gasteiger partial charge in [0, 0.05) is 58.7 Å². The van der Waals surface area contributed by atoms with E-state index in [1.165, 1.54) is 12.8 Å². The van der Waals surface area contributed by atoms with Crippen LogP contribution < -0.4 is 4.74 Å². The van der Waals surface area contributed by atoms with Crippen molar-refractivity contribution in [1.82, 2.24) is 40.0 Å². The number of H-pyrrole nitrogens is 2. The molecule has 1 aliphatic heterocycles. The second-order valence-electron chi connectivity index (χ2n) is 9.54. The normalized spacial score (nSPS) is 14.0. The summed E-state index contributed by atoms with van der Waals surface area (Å²) in [5, 5.41) is 9.73. The van der Waals surface area contributed by atoms with Crippen molar-refractivity contribution in [3.05, 3.63) is 73.6 Å². The third kappa shape index (κ3) is 4.26. The number of hydrogen-bond acceptors (Lipinski definition) is 7. The van der Waals surface area contributed by atoms with Gasteiger partial charge in [-0.2, -0.15) is 5.10 Å².